The zero-order chi connectivity index (χ0) is 15.1. The van der Waals surface area contributed by atoms with Gasteiger partial charge in [-0.05, 0) is 19.8 Å². The van der Waals surface area contributed by atoms with E-state index in [1.165, 1.54) is 11.1 Å². The van der Waals surface area contributed by atoms with E-state index < -0.39 is 0 Å². The van der Waals surface area contributed by atoms with Gasteiger partial charge in [-0.2, -0.15) is 0 Å². The van der Waals surface area contributed by atoms with Crippen LogP contribution >= 0.6 is 0 Å². The van der Waals surface area contributed by atoms with E-state index in [0.29, 0.717) is 5.92 Å². The monoisotopic (exact) mass is 262 g/mol. The summed E-state index contributed by atoms with van der Waals surface area (Å²) in [5.41, 5.74) is 2.56. The Morgan fingerprint density at radius 1 is 1.00 bits per heavy atom. The smallest absolute Gasteiger partial charge is 0.120 e. The number of rotatable bonds is 1. The molecule has 0 saturated carbocycles. The summed E-state index contributed by atoms with van der Waals surface area (Å²) in [6, 6.07) is 0. The molecule has 1 aliphatic rings. The molecule has 19 heavy (non-hydrogen) atoms. The van der Waals surface area contributed by atoms with Gasteiger partial charge in [0.15, 0.2) is 0 Å². The average molecular weight is 262 g/mol. The van der Waals surface area contributed by atoms with Crippen LogP contribution in [0.3, 0.4) is 0 Å². The van der Waals surface area contributed by atoms with E-state index in [4.69, 9.17) is 4.42 Å². The van der Waals surface area contributed by atoms with Gasteiger partial charge in [-0.3, -0.25) is 0 Å². The van der Waals surface area contributed by atoms with Gasteiger partial charge in [-0.25, -0.2) is 0 Å². The fourth-order valence-electron chi connectivity index (χ4n) is 2.02. The lowest BCUT2D eigenvalue weighted by Crippen LogP contribution is -2.13. The van der Waals surface area contributed by atoms with Crippen LogP contribution in [0.5, 0.6) is 0 Å². The number of allylic oxidation sites excluding steroid dienone is 3. The molecule has 1 aromatic rings. The van der Waals surface area contributed by atoms with Crippen molar-refractivity contribution in [1.82, 2.24) is 0 Å². The zero-order valence-electron chi connectivity index (χ0n) is 13.9. The molecule has 1 heteroatoms. The molecule has 0 amide bonds. The van der Waals surface area contributed by atoms with Crippen LogP contribution < -0.4 is 0 Å². The fourth-order valence-corrected chi connectivity index (χ4v) is 2.02. The molecule has 1 aliphatic carbocycles. The van der Waals surface area contributed by atoms with Crippen molar-refractivity contribution in [3.63, 3.8) is 0 Å². The largest absolute Gasteiger partial charge is 0.467 e. The molecule has 0 bridgehead atoms. The first kappa shape index (κ1) is 17.8. The Morgan fingerprint density at radius 2 is 1.58 bits per heavy atom. The van der Waals surface area contributed by atoms with Gasteiger partial charge < -0.3 is 4.42 Å². The molecule has 2 rings (SSSR count). The Hall–Kier alpha value is -1.24. The van der Waals surface area contributed by atoms with Gasteiger partial charge in [0, 0.05) is 16.5 Å². The maximum Gasteiger partial charge on any atom is 0.120 e. The molecule has 0 saturated heterocycles. The van der Waals surface area contributed by atoms with Crippen LogP contribution in [0.15, 0.2) is 28.9 Å². The maximum atomic E-state index is 5.74. The third-order valence-electron chi connectivity index (χ3n) is 2.95. The number of fused-ring (bicyclic) bond motifs is 1. The Balaban J connectivity index is 0.000000741. The van der Waals surface area contributed by atoms with Crippen LogP contribution in [0.1, 0.15) is 78.2 Å². The summed E-state index contributed by atoms with van der Waals surface area (Å²) in [5, 5.41) is 0. The van der Waals surface area contributed by atoms with Crippen LogP contribution in [0.4, 0.5) is 0 Å². The second-order valence-corrected chi connectivity index (χ2v) is 5.03. The van der Waals surface area contributed by atoms with Gasteiger partial charge in [0.05, 0.1) is 6.26 Å². The molecule has 0 aliphatic heterocycles. The SMILES string of the molecule is CC.CC.CC(C)c1coc2c1C=CC=CC2(C)C. The quantitative estimate of drug-likeness (QED) is 0.577. The molecular formula is C18H30O. The Bertz CT molecular complexity index is 417. The summed E-state index contributed by atoms with van der Waals surface area (Å²) in [5.74, 6) is 1.59. The molecule has 0 aromatic carbocycles. The second-order valence-electron chi connectivity index (χ2n) is 5.03. The molecule has 1 nitrogen and oxygen atoms in total. The molecule has 0 radical (unpaired) electrons. The summed E-state index contributed by atoms with van der Waals surface area (Å²) >= 11 is 0. The minimum atomic E-state index is -0.00796. The van der Waals surface area contributed by atoms with E-state index in [2.05, 4.69) is 52.0 Å². The summed E-state index contributed by atoms with van der Waals surface area (Å²) in [6.07, 6.45) is 10.4. The van der Waals surface area contributed by atoms with Crippen molar-refractivity contribution in [2.75, 3.05) is 0 Å². The van der Waals surface area contributed by atoms with E-state index >= 15 is 0 Å². The highest BCUT2D eigenvalue weighted by Gasteiger charge is 2.27. The molecular weight excluding hydrogens is 232 g/mol. The number of hydrogen-bond acceptors (Lipinski definition) is 1. The van der Waals surface area contributed by atoms with Crippen molar-refractivity contribution in [2.45, 2.75) is 66.7 Å². The summed E-state index contributed by atoms with van der Waals surface area (Å²) in [4.78, 5) is 0. The highest BCUT2D eigenvalue weighted by atomic mass is 16.3. The first-order valence-corrected chi connectivity index (χ1v) is 7.50. The molecule has 0 N–H and O–H groups in total. The lowest BCUT2D eigenvalue weighted by Gasteiger charge is -2.17. The minimum absolute atomic E-state index is 0.00796. The molecule has 108 valence electrons. The van der Waals surface area contributed by atoms with Crippen LogP contribution in [0, 0.1) is 0 Å². The maximum absolute atomic E-state index is 5.74. The Kier molecular flexibility index (Phi) is 7.51. The van der Waals surface area contributed by atoms with E-state index in [1.54, 1.807) is 0 Å². The van der Waals surface area contributed by atoms with E-state index in [0.717, 1.165) is 5.76 Å². The highest BCUT2D eigenvalue weighted by Crippen LogP contribution is 2.36. The Morgan fingerprint density at radius 3 is 2.11 bits per heavy atom. The summed E-state index contributed by atoms with van der Waals surface area (Å²) in [7, 11) is 0. The average Bonchev–Trinajstić information content (AvgIpc) is 2.78. The van der Waals surface area contributed by atoms with Crippen molar-refractivity contribution in [1.29, 1.82) is 0 Å². The third-order valence-corrected chi connectivity index (χ3v) is 2.95. The molecule has 0 spiro atoms. The number of furan rings is 1. The van der Waals surface area contributed by atoms with Crippen LogP contribution in [-0.4, -0.2) is 0 Å². The van der Waals surface area contributed by atoms with Gasteiger partial charge >= 0.3 is 0 Å². The first-order chi connectivity index (χ1) is 9.02. The summed E-state index contributed by atoms with van der Waals surface area (Å²) in [6.45, 7) is 16.8. The van der Waals surface area contributed by atoms with Crippen molar-refractivity contribution in [3.8, 4) is 0 Å². The van der Waals surface area contributed by atoms with Gasteiger partial charge in [-0.1, -0.05) is 65.8 Å². The molecule has 0 unspecified atom stereocenters. The predicted molar refractivity (Wildman–Crippen MR) is 86.7 cm³/mol. The topological polar surface area (TPSA) is 13.1 Å². The lowest BCUT2D eigenvalue weighted by atomic mass is 9.86. The van der Waals surface area contributed by atoms with Crippen molar-refractivity contribution < 1.29 is 4.42 Å². The van der Waals surface area contributed by atoms with Crippen LogP contribution in [0.25, 0.3) is 6.08 Å². The molecule has 0 atom stereocenters. The first-order valence-electron chi connectivity index (χ1n) is 7.50. The minimum Gasteiger partial charge on any atom is -0.467 e. The second kappa shape index (κ2) is 8.04. The molecule has 0 fully saturated rings. The Labute approximate surface area is 119 Å². The fraction of sp³-hybridized carbons (Fsp3) is 0.556. The van der Waals surface area contributed by atoms with Gasteiger partial charge in [0.2, 0.25) is 0 Å². The van der Waals surface area contributed by atoms with Gasteiger partial charge in [-0.15, -0.1) is 0 Å². The van der Waals surface area contributed by atoms with E-state index in [1.807, 2.05) is 34.0 Å². The predicted octanol–water partition coefficient (Wildman–Crippen LogP) is 6.32. The van der Waals surface area contributed by atoms with E-state index in [-0.39, 0.29) is 5.41 Å². The standard InChI is InChI=1S/C14H18O.2C2H6/c1-10(2)12-9-15-13-11(12)7-5-6-8-14(13,3)4;2*1-2/h5-10H,1-4H3;2*1-2H3. The third kappa shape index (κ3) is 4.12. The van der Waals surface area contributed by atoms with Gasteiger partial charge in [0.25, 0.3) is 0 Å². The van der Waals surface area contributed by atoms with E-state index in [9.17, 15) is 0 Å². The van der Waals surface area contributed by atoms with Crippen LogP contribution in [0.2, 0.25) is 0 Å². The molecule has 1 heterocycles. The highest BCUT2D eigenvalue weighted by molar-refractivity contribution is 5.61. The van der Waals surface area contributed by atoms with Gasteiger partial charge in [0.1, 0.15) is 5.76 Å². The zero-order valence-corrected chi connectivity index (χ0v) is 13.9. The van der Waals surface area contributed by atoms with Crippen molar-refractivity contribution >= 4 is 6.08 Å². The lowest BCUT2D eigenvalue weighted by molar-refractivity contribution is 0.436. The van der Waals surface area contributed by atoms with Crippen molar-refractivity contribution in [2.24, 2.45) is 0 Å². The number of hydrogen-bond donors (Lipinski definition) is 0. The summed E-state index contributed by atoms with van der Waals surface area (Å²) < 4.78 is 5.74. The molecule has 1 aromatic heterocycles. The van der Waals surface area contributed by atoms with Crippen LogP contribution in [-0.2, 0) is 5.41 Å². The van der Waals surface area contributed by atoms with Crippen molar-refractivity contribution in [3.05, 3.63) is 41.4 Å². The normalized spacial score (nSPS) is 14.8.